The molecule has 0 aliphatic carbocycles. The molecule has 0 spiro atoms. The van der Waals surface area contributed by atoms with Crippen LogP contribution in [-0.2, 0) is 14.2 Å². The van der Waals surface area contributed by atoms with Gasteiger partial charge >= 0.3 is 0 Å². The number of hydrogen-bond acceptors (Lipinski definition) is 6. The van der Waals surface area contributed by atoms with Gasteiger partial charge in [0.15, 0.2) is 0 Å². The van der Waals surface area contributed by atoms with Gasteiger partial charge in [-0.1, -0.05) is 0 Å². The average molecular weight is 224 g/mol. The van der Waals surface area contributed by atoms with Crippen molar-refractivity contribution in [3.8, 4) is 0 Å². The van der Waals surface area contributed by atoms with Gasteiger partial charge in [0.2, 0.25) is 0 Å². The first-order valence-electron chi connectivity index (χ1n) is 4.63. The predicted octanol–water partition coefficient (Wildman–Crippen LogP) is -1.62. The topological polar surface area (TPSA) is 88.4 Å². The molecule has 0 amide bonds. The maximum atomic E-state index is 9.70. The molecule has 3 N–H and O–H groups in total. The van der Waals surface area contributed by atoms with Crippen molar-refractivity contribution in [2.24, 2.45) is 0 Å². The molecule has 0 aliphatic heterocycles. The Morgan fingerprint density at radius 1 is 1.07 bits per heavy atom. The summed E-state index contributed by atoms with van der Waals surface area (Å²) in [6, 6.07) is 0. The fourth-order valence-electron chi connectivity index (χ4n) is 1.31. The molecule has 0 fully saturated rings. The van der Waals surface area contributed by atoms with E-state index >= 15 is 0 Å². The summed E-state index contributed by atoms with van der Waals surface area (Å²) in [4.78, 5) is 0. The van der Waals surface area contributed by atoms with Gasteiger partial charge in [0.1, 0.15) is 24.4 Å². The molecule has 0 saturated heterocycles. The number of rotatable bonds is 8. The quantitative estimate of drug-likeness (QED) is 0.459. The van der Waals surface area contributed by atoms with Gasteiger partial charge in [-0.15, -0.1) is 0 Å². The molecule has 0 heterocycles. The average Bonchev–Trinajstić information content (AvgIpc) is 2.25. The molecule has 6 nitrogen and oxygen atoms in total. The second-order valence-corrected chi connectivity index (χ2v) is 3.17. The summed E-state index contributed by atoms with van der Waals surface area (Å²) in [6.45, 7) is -0.311. The molecular formula is C9H20O6. The van der Waals surface area contributed by atoms with Crippen molar-refractivity contribution >= 4 is 0 Å². The van der Waals surface area contributed by atoms with Gasteiger partial charge in [0.05, 0.1) is 13.2 Å². The normalized spacial score (nSPS) is 19.6. The summed E-state index contributed by atoms with van der Waals surface area (Å²) in [7, 11) is 4.18. The highest BCUT2D eigenvalue weighted by Crippen LogP contribution is 2.11. The van der Waals surface area contributed by atoms with E-state index in [2.05, 4.69) is 0 Å². The van der Waals surface area contributed by atoms with E-state index < -0.39 is 24.4 Å². The second-order valence-electron chi connectivity index (χ2n) is 3.17. The van der Waals surface area contributed by atoms with E-state index in [1.807, 2.05) is 0 Å². The highest BCUT2D eigenvalue weighted by molar-refractivity contribution is 4.82. The molecule has 0 aromatic heterocycles. The van der Waals surface area contributed by atoms with Crippen molar-refractivity contribution in [2.45, 2.75) is 24.4 Å². The van der Waals surface area contributed by atoms with Crippen LogP contribution in [0.2, 0.25) is 0 Å². The Morgan fingerprint density at radius 2 is 1.67 bits per heavy atom. The number of hydrogen-bond donors (Lipinski definition) is 3. The molecule has 15 heavy (non-hydrogen) atoms. The monoisotopic (exact) mass is 224 g/mol. The van der Waals surface area contributed by atoms with E-state index in [-0.39, 0.29) is 13.2 Å². The molecule has 0 aromatic carbocycles. The molecule has 0 unspecified atom stereocenters. The maximum Gasteiger partial charge on any atom is 0.114 e. The van der Waals surface area contributed by atoms with Crippen LogP contribution in [0.25, 0.3) is 0 Å². The van der Waals surface area contributed by atoms with Gasteiger partial charge in [-0.2, -0.15) is 0 Å². The zero-order chi connectivity index (χ0) is 11.8. The fourth-order valence-corrected chi connectivity index (χ4v) is 1.31. The van der Waals surface area contributed by atoms with Gasteiger partial charge in [-0.05, 0) is 0 Å². The molecule has 4 atom stereocenters. The van der Waals surface area contributed by atoms with Crippen molar-refractivity contribution in [1.29, 1.82) is 0 Å². The minimum absolute atomic E-state index is 0.0110. The van der Waals surface area contributed by atoms with Crippen LogP contribution in [0.4, 0.5) is 0 Å². The predicted molar refractivity (Wildman–Crippen MR) is 52.6 cm³/mol. The van der Waals surface area contributed by atoms with E-state index in [0.29, 0.717) is 0 Å². The van der Waals surface area contributed by atoms with E-state index in [4.69, 9.17) is 19.3 Å². The molecule has 0 bridgehead atoms. The minimum atomic E-state index is -1.17. The minimum Gasteiger partial charge on any atom is -0.394 e. The molecule has 0 rings (SSSR count). The third-order valence-corrected chi connectivity index (χ3v) is 2.19. The van der Waals surface area contributed by atoms with Crippen LogP contribution in [0.1, 0.15) is 0 Å². The van der Waals surface area contributed by atoms with Crippen LogP contribution < -0.4 is 0 Å². The first-order valence-corrected chi connectivity index (χ1v) is 4.63. The van der Waals surface area contributed by atoms with Gasteiger partial charge in [0, 0.05) is 21.3 Å². The zero-order valence-corrected chi connectivity index (χ0v) is 9.29. The van der Waals surface area contributed by atoms with Crippen LogP contribution in [-0.4, -0.2) is 74.3 Å². The zero-order valence-electron chi connectivity index (χ0n) is 9.29. The first-order chi connectivity index (χ1) is 7.12. The fraction of sp³-hybridized carbons (Fsp3) is 1.00. The van der Waals surface area contributed by atoms with E-state index in [9.17, 15) is 10.2 Å². The van der Waals surface area contributed by atoms with Crippen LogP contribution in [0, 0.1) is 0 Å². The van der Waals surface area contributed by atoms with Gasteiger partial charge in [-0.3, -0.25) is 0 Å². The van der Waals surface area contributed by atoms with Crippen molar-refractivity contribution < 1.29 is 29.5 Å². The number of aliphatic hydroxyl groups excluding tert-OH is 3. The lowest BCUT2D eigenvalue weighted by molar-refractivity contribution is -0.147. The van der Waals surface area contributed by atoms with E-state index in [0.717, 1.165) is 0 Å². The van der Waals surface area contributed by atoms with Crippen LogP contribution >= 0.6 is 0 Å². The third kappa shape index (κ3) is 4.42. The van der Waals surface area contributed by atoms with E-state index in [1.165, 1.54) is 21.3 Å². The summed E-state index contributed by atoms with van der Waals surface area (Å²) in [5.74, 6) is 0. The van der Waals surface area contributed by atoms with Gasteiger partial charge in [-0.25, -0.2) is 0 Å². The smallest absolute Gasteiger partial charge is 0.114 e. The Balaban J connectivity index is 4.36. The van der Waals surface area contributed by atoms with Crippen molar-refractivity contribution in [2.75, 3.05) is 34.5 Å². The Morgan fingerprint density at radius 3 is 2.00 bits per heavy atom. The Bertz CT molecular complexity index is 150. The largest absolute Gasteiger partial charge is 0.394 e. The van der Waals surface area contributed by atoms with E-state index in [1.54, 1.807) is 0 Å². The number of methoxy groups -OCH3 is 3. The highest BCUT2D eigenvalue weighted by atomic mass is 16.5. The van der Waals surface area contributed by atoms with Gasteiger partial charge in [0.25, 0.3) is 0 Å². The number of aliphatic hydroxyl groups is 3. The first kappa shape index (κ1) is 14.8. The highest BCUT2D eigenvalue weighted by Gasteiger charge is 2.32. The molecule has 0 saturated carbocycles. The van der Waals surface area contributed by atoms with Crippen molar-refractivity contribution in [3.05, 3.63) is 0 Å². The lowest BCUT2D eigenvalue weighted by Crippen LogP contribution is -2.49. The summed E-state index contributed by atoms with van der Waals surface area (Å²) in [5, 5.41) is 28.1. The lowest BCUT2D eigenvalue weighted by Gasteiger charge is -2.30. The SMILES string of the molecule is COC[C@@H](O)[C@@H](O)[C@H](OC)[C@@H](CO)OC. The molecular weight excluding hydrogens is 204 g/mol. The Hall–Kier alpha value is -0.240. The van der Waals surface area contributed by atoms with Crippen LogP contribution in [0.3, 0.4) is 0 Å². The van der Waals surface area contributed by atoms with Crippen LogP contribution in [0.15, 0.2) is 0 Å². The van der Waals surface area contributed by atoms with Crippen molar-refractivity contribution in [1.82, 2.24) is 0 Å². The van der Waals surface area contributed by atoms with Crippen molar-refractivity contribution in [3.63, 3.8) is 0 Å². The molecule has 0 aliphatic rings. The van der Waals surface area contributed by atoms with Gasteiger partial charge < -0.3 is 29.5 Å². The summed E-state index contributed by atoms with van der Waals surface area (Å²) in [6.07, 6.45) is -3.74. The number of ether oxygens (including phenoxy) is 3. The molecule has 0 aromatic rings. The summed E-state index contributed by atoms with van der Waals surface area (Å²) >= 11 is 0. The molecule has 92 valence electrons. The van der Waals surface area contributed by atoms with Crippen LogP contribution in [0.5, 0.6) is 0 Å². The third-order valence-electron chi connectivity index (χ3n) is 2.19. The molecule has 6 heteroatoms. The maximum absolute atomic E-state index is 9.70. The Kier molecular flexibility index (Phi) is 7.85. The summed E-state index contributed by atoms with van der Waals surface area (Å²) < 4.78 is 14.6. The Labute approximate surface area is 89.4 Å². The lowest BCUT2D eigenvalue weighted by atomic mass is 10.0. The standard InChI is InChI=1S/C9H20O6/c1-13-5-6(11)8(12)9(15-3)7(4-10)14-2/h6-12H,4-5H2,1-3H3/t6-,7-,8-,9-/m1/s1. The summed E-state index contributed by atoms with van der Waals surface area (Å²) in [5.41, 5.74) is 0. The second kappa shape index (κ2) is 7.98. The molecule has 0 radical (unpaired) electrons.